The summed E-state index contributed by atoms with van der Waals surface area (Å²) < 4.78 is 0. The minimum absolute atomic E-state index is 0.0685. The van der Waals surface area contributed by atoms with Gasteiger partial charge in [0.25, 0.3) is 5.91 Å². The van der Waals surface area contributed by atoms with E-state index < -0.39 is 5.92 Å². The standard InChI is InChI=1S/C26H26N2O2/c29-25(24(20-10-4-1-5-11-20)21-12-6-2-7-13-21)27-23-16-14-22(15-17-23)26(30)28-18-8-3-9-19-28/h1-2,4-7,10-17,24H,3,8-9,18-19H2,(H,27,29). The van der Waals surface area contributed by atoms with Crippen LogP contribution in [0.5, 0.6) is 0 Å². The van der Waals surface area contributed by atoms with Crippen LogP contribution in [0.3, 0.4) is 0 Å². The first-order valence-electron chi connectivity index (χ1n) is 10.5. The van der Waals surface area contributed by atoms with Crippen molar-refractivity contribution in [3.05, 3.63) is 102 Å². The Hall–Kier alpha value is -3.40. The molecule has 1 aliphatic rings. The maximum absolute atomic E-state index is 13.2. The lowest BCUT2D eigenvalue weighted by Gasteiger charge is -2.26. The molecule has 152 valence electrons. The van der Waals surface area contributed by atoms with Gasteiger partial charge >= 0.3 is 0 Å². The van der Waals surface area contributed by atoms with Crippen LogP contribution in [0.4, 0.5) is 5.69 Å². The Morgan fingerprint density at radius 1 is 0.700 bits per heavy atom. The van der Waals surface area contributed by atoms with E-state index in [4.69, 9.17) is 0 Å². The molecule has 0 unspecified atom stereocenters. The van der Waals surface area contributed by atoms with Gasteiger partial charge in [0.2, 0.25) is 5.91 Å². The van der Waals surface area contributed by atoms with Gasteiger partial charge in [-0.2, -0.15) is 0 Å². The number of carbonyl (C=O) groups excluding carboxylic acids is 2. The summed E-state index contributed by atoms with van der Waals surface area (Å²) in [5.41, 5.74) is 3.24. The molecular weight excluding hydrogens is 372 g/mol. The van der Waals surface area contributed by atoms with Crippen molar-refractivity contribution in [2.75, 3.05) is 18.4 Å². The van der Waals surface area contributed by atoms with Crippen LogP contribution in [-0.2, 0) is 4.79 Å². The van der Waals surface area contributed by atoms with Crippen molar-refractivity contribution in [3.63, 3.8) is 0 Å². The SMILES string of the molecule is O=C(Nc1ccc(C(=O)N2CCCCC2)cc1)C(c1ccccc1)c1ccccc1. The molecule has 1 heterocycles. The molecule has 1 saturated heterocycles. The third-order valence-corrected chi connectivity index (χ3v) is 5.57. The molecule has 30 heavy (non-hydrogen) atoms. The summed E-state index contributed by atoms with van der Waals surface area (Å²) in [6.07, 6.45) is 3.33. The third kappa shape index (κ3) is 4.60. The second-order valence-electron chi connectivity index (χ2n) is 7.67. The number of nitrogens with one attached hydrogen (secondary N) is 1. The predicted molar refractivity (Wildman–Crippen MR) is 120 cm³/mol. The topological polar surface area (TPSA) is 49.4 Å². The molecule has 0 aliphatic carbocycles. The third-order valence-electron chi connectivity index (χ3n) is 5.57. The van der Waals surface area contributed by atoms with Crippen molar-refractivity contribution in [3.8, 4) is 0 Å². The summed E-state index contributed by atoms with van der Waals surface area (Å²) in [5, 5.41) is 3.02. The Balaban J connectivity index is 1.50. The molecule has 1 N–H and O–H groups in total. The zero-order valence-electron chi connectivity index (χ0n) is 17.0. The molecule has 3 aromatic carbocycles. The largest absolute Gasteiger partial charge is 0.339 e. The lowest BCUT2D eigenvalue weighted by molar-refractivity contribution is -0.116. The first kappa shape index (κ1) is 19.9. The Bertz CT molecular complexity index is 939. The smallest absolute Gasteiger partial charge is 0.253 e. The van der Waals surface area contributed by atoms with Gasteiger partial charge in [-0.3, -0.25) is 9.59 Å². The Morgan fingerprint density at radius 2 is 1.23 bits per heavy atom. The molecule has 0 aromatic heterocycles. The predicted octanol–water partition coefficient (Wildman–Crippen LogP) is 5.08. The number of rotatable bonds is 5. The van der Waals surface area contributed by atoms with E-state index in [-0.39, 0.29) is 11.8 Å². The van der Waals surface area contributed by atoms with Crippen molar-refractivity contribution in [1.29, 1.82) is 0 Å². The molecule has 1 fully saturated rings. The van der Waals surface area contributed by atoms with Gasteiger partial charge in [0.1, 0.15) is 0 Å². The minimum Gasteiger partial charge on any atom is -0.339 e. The lowest BCUT2D eigenvalue weighted by Crippen LogP contribution is -2.35. The molecule has 0 spiro atoms. The van der Waals surface area contributed by atoms with Crippen molar-refractivity contribution in [1.82, 2.24) is 4.90 Å². The molecule has 4 rings (SSSR count). The van der Waals surface area contributed by atoms with E-state index in [0.717, 1.165) is 37.1 Å². The fourth-order valence-electron chi connectivity index (χ4n) is 3.98. The number of carbonyl (C=O) groups is 2. The van der Waals surface area contributed by atoms with E-state index in [0.29, 0.717) is 11.3 Å². The summed E-state index contributed by atoms with van der Waals surface area (Å²) in [7, 11) is 0. The van der Waals surface area contributed by atoms with Crippen LogP contribution in [0.25, 0.3) is 0 Å². The van der Waals surface area contributed by atoms with E-state index >= 15 is 0 Å². The van der Waals surface area contributed by atoms with Crippen molar-refractivity contribution in [2.24, 2.45) is 0 Å². The number of nitrogens with zero attached hydrogens (tertiary/aromatic N) is 1. The zero-order valence-corrected chi connectivity index (χ0v) is 17.0. The van der Waals surface area contributed by atoms with Gasteiger partial charge in [0, 0.05) is 24.3 Å². The van der Waals surface area contributed by atoms with E-state index in [1.807, 2.05) is 77.7 Å². The van der Waals surface area contributed by atoms with Crippen molar-refractivity contribution >= 4 is 17.5 Å². The molecular formula is C26H26N2O2. The van der Waals surface area contributed by atoms with E-state index in [1.54, 1.807) is 12.1 Å². The van der Waals surface area contributed by atoms with Crippen LogP contribution >= 0.6 is 0 Å². The molecule has 0 radical (unpaired) electrons. The lowest BCUT2D eigenvalue weighted by atomic mass is 9.90. The Morgan fingerprint density at radius 3 is 1.77 bits per heavy atom. The molecule has 2 amide bonds. The second-order valence-corrected chi connectivity index (χ2v) is 7.67. The van der Waals surface area contributed by atoms with Crippen LogP contribution in [0.15, 0.2) is 84.9 Å². The second kappa shape index (κ2) is 9.40. The maximum atomic E-state index is 13.2. The molecule has 0 atom stereocenters. The Kier molecular flexibility index (Phi) is 6.23. The highest BCUT2D eigenvalue weighted by molar-refractivity contribution is 5.99. The fraction of sp³-hybridized carbons (Fsp3) is 0.231. The molecule has 1 aliphatic heterocycles. The molecule has 0 saturated carbocycles. The van der Waals surface area contributed by atoms with Crippen LogP contribution in [-0.4, -0.2) is 29.8 Å². The summed E-state index contributed by atoms with van der Waals surface area (Å²) in [4.78, 5) is 27.8. The van der Waals surface area contributed by atoms with E-state index in [2.05, 4.69) is 5.32 Å². The van der Waals surface area contributed by atoms with Crippen molar-refractivity contribution < 1.29 is 9.59 Å². The van der Waals surface area contributed by atoms with E-state index in [9.17, 15) is 9.59 Å². The molecule has 3 aromatic rings. The van der Waals surface area contributed by atoms with Gasteiger partial charge < -0.3 is 10.2 Å². The summed E-state index contributed by atoms with van der Waals surface area (Å²) in [6.45, 7) is 1.65. The van der Waals surface area contributed by atoms with Crippen LogP contribution in [0, 0.1) is 0 Å². The normalized spacial score (nSPS) is 13.8. The number of piperidine rings is 1. The average Bonchev–Trinajstić information content (AvgIpc) is 2.81. The fourth-order valence-corrected chi connectivity index (χ4v) is 3.98. The van der Waals surface area contributed by atoms with Gasteiger partial charge in [-0.05, 0) is 54.7 Å². The van der Waals surface area contributed by atoms with Gasteiger partial charge in [-0.1, -0.05) is 60.7 Å². The monoisotopic (exact) mass is 398 g/mol. The summed E-state index contributed by atoms with van der Waals surface area (Å²) >= 11 is 0. The number of hydrogen-bond acceptors (Lipinski definition) is 2. The molecule has 4 nitrogen and oxygen atoms in total. The highest BCUT2D eigenvalue weighted by atomic mass is 16.2. The highest BCUT2D eigenvalue weighted by Gasteiger charge is 2.23. The first-order valence-corrected chi connectivity index (χ1v) is 10.5. The number of benzene rings is 3. The average molecular weight is 399 g/mol. The van der Waals surface area contributed by atoms with Crippen molar-refractivity contribution in [2.45, 2.75) is 25.2 Å². The van der Waals surface area contributed by atoms with Gasteiger partial charge in [-0.15, -0.1) is 0 Å². The first-order chi connectivity index (χ1) is 14.7. The minimum atomic E-state index is -0.401. The van der Waals surface area contributed by atoms with Crippen LogP contribution in [0.2, 0.25) is 0 Å². The number of amides is 2. The maximum Gasteiger partial charge on any atom is 0.253 e. The molecule has 4 heteroatoms. The van der Waals surface area contributed by atoms with Gasteiger partial charge in [-0.25, -0.2) is 0 Å². The zero-order chi connectivity index (χ0) is 20.8. The summed E-state index contributed by atoms with van der Waals surface area (Å²) in [6, 6.07) is 26.8. The van der Waals surface area contributed by atoms with Crippen LogP contribution in [0.1, 0.15) is 46.7 Å². The Labute approximate surface area is 177 Å². The van der Waals surface area contributed by atoms with Crippen LogP contribution < -0.4 is 5.32 Å². The number of anilines is 1. The van der Waals surface area contributed by atoms with Gasteiger partial charge in [0.15, 0.2) is 0 Å². The number of hydrogen-bond donors (Lipinski definition) is 1. The van der Waals surface area contributed by atoms with Gasteiger partial charge in [0.05, 0.1) is 5.92 Å². The van der Waals surface area contributed by atoms with E-state index in [1.165, 1.54) is 6.42 Å². The summed E-state index contributed by atoms with van der Waals surface area (Å²) in [5.74, 6) is -0.427. The molecule has 0 bridgehead atoms. The number of likely N-dealkylation sites (tertiary alicyclic amines) is 1. The highest BCUT2D eigenvalue weighted by Crippen LogP contribution is 2.26. The quantitative estimate of drug-likeness (QED) is 0.651.